The van der Waals surface area contributed by atoms with Crippen LogP contribution in [0.3, 0.4) is 0 Å². The predicted molar refractivity (Wildman–Crippen MR) is 72.5 cm³/mol. The number of aryl methyl sites for hydroxylation is 1. The van der Waals surface area contributed by atoms with E-state index in [0.29, 0.717) is 18.6 Å². The number of hydrogen-bond donors (Lipinski definition) is 0. The molecule has 0 saturated carbocycles. The largest absolute Gasteiger partial charge is 0.453 e. The van der Waals surface area contributed by atoms with Gasteiger partial charge >= 0.3 is 0 Å². The van der Waals surface area contributed by atoms with Crippen molar-refractivity contribution in [3.8, 4) is 11.5 Å². The van der Waals surface area contributed by atoms with Gasteiger partial charge in [0.05, 0.1) is 0 Å². The van der Waals surface area contributed by atoms with E-state index in [9.17, 15) is 0 Å². The number of fused-ring (bicyclic) bond motifs is 3. The van der Waals surface area contributed by atoms with Crippen LogP contribution in [0.4, 0.5) is 0 Å². The normalized spacial score (nSPS) is 24.8. The Morgan fingerprint density at radius 3 is 2.72 bits per heavy atom. The molecule has 18 heavy (non-hydrogen) atoms. The van der Waals surface area contributed by atoms with E-state index < -0.39 is 0 Å². The molecule has 1 aromatic rings. The lowest BCUT2D eigenvalue weighted by Crippen LogP contribution is -2.14. The molecule has 2 nitrogen and oxygen atoms in total. The summed E-state index contributed by atoms with van der Waals surface area (Å²) >= 11 is 0. The van der Waals surface area contributed by atoms with Crippen molar-refractivity contribution in [1.29, 1.82) is 0 Å². The lowest BCUT2D eigenvalue weighted by Gasteiger charge is -2.31. The van der Waals surface area contributed by atoms with E-state index in [1.807, 2.05) is 0 Å². The molecule has 1 aliphatic heterocycles. The minimum atomic E-state index is 0.358. The Bertz CT molecular complexity index is 516. The van der Waals surface area contributed by atoms with Gasteiger partial charge in [-0.05, 0) is 43.7 Å². The molecule has 2 aliphatic rings. The summed E-state index contributed by atoms with van der Waals surface area (Å²) in [6.07, 6.45) is 2.39. The highest BCUT2D eigenvalue weighted by Crippen LogP contribution is 2.51. The van der Waals surface area contributed by atoms with Crippen LogP contribution in [-0.2, 0) is 0 Å². The molecule has 0 unspecified atom stereocenters. The molecule has 3 rings (SSSR count). The molecule has 0 radical (unpaired) electrons. The fraction of sp³-hybridized carbons (Fsp3) is 0.500. The first-order valence-electron chi connectivity index (χ1n) is 6.68. The van der Waals surface area contributed by atoms with Gasteiger partial charge in [0.2, 0.25) is 6.79 Å². The Balaban J connectivity index is 2.23. The average Bonchev–Trinajstić information content (AvgIpc) is 2.78. The van der Waals surface area contributed by atoms with Gasteiger partial charge in [-0.3, -0.25) is 0 Å². The molecule has 0 saturated heterocycles. The first kappa shape index (κ1) is 11.6. The van der Waals surface area contributed by atoms with Crippen LogP contribution < -0.4 is 9.47 Å². The summed E-state index contributed by atoms with van der Waals surface area (Å²) in [5.41, 5.74) is 5.19. The molecule has 1 aromatic carbocycles. The van der Waals surface area contributed by atoms with Gasteiger partial charge in [0.25, 0.3) is 0 Å². The van der Waals surface area contributed by atoms with Crippen molar-refractivity contribution in [1.82, 2.24) is 0 Å². The van der Waals surface area contributed by atoms with Crippen LogP contribution in [0.15, 0.2) is 18.2 Å². The predicted octanol–water partition coefficient (Wildman–Crippen LogP) is 4.28. The Kier molecular flexibility index (Phi) is 2.61. The van der Waals surface area contributed by atoms with E-state index in [-0.39, 0.29) is 0 Å². The highest BCUT2D eigenvalue weighted by atomic mass is 16.7. The molecule has 0 bridgehead atoms. The standard InChI is InChI=1S/C16H20O2/c1-9(2)12-6-5-10(3)14-13(12)7-11(4)15-16(14)18-8-17-15/h7,10,12H,1,5-6,8H2,2-4H3/t10-,12+/m0/s1. The number of ether oxygens (including phenoxy) is 2. The van der Waals surface area contributed by atoms with Crippen molar-refractivity contribution in [3.63, 3.8) is 0 Å². The van der Waals surface area contributed by atoms with E-state index >= 15 is 0 Å². The van der Waals surface area contributed by atoms with Gasteiger partial charge in [-0.1, -0.05) is 25.1 Å². The number of rotatable bonds is 1. The number of hydrogen-bond acceptors (Lipinski definition) is 2. The second kappa shape index (κ2) is 4.04. The van der Waals surface area contributed by atoms with Gasteiger partial charge in [0.15, 0.2) is 11.5 Å². The van der Waals surface area contributed by atoms with Crippen molar-refractivity contribution < 1.29 is 9.47 Å². The minimum Gasteiger partial charge on any atom is -0.453 e. The summed E-state index contributed by atoms with van der Waals surface area (Å²) in [5.74, 6) is 2.96. The third kappa shape index (κ3) is 1.55. The highest BCUT2D eigenvalue weighted by molar-refractivity contribution is 5.60. The summed E-state index contributed by atoms with van der Waals surface area (Å²) in [4.78, 5) is 0. The first-order valence-corrected chi connectivity index (χ1v) is 6.68. The van der Waals surface area contributed by atoms with Gasteiger partial charge < -0.3 is 9.47 Å². The summed E-state index contributed by atoms with van der Waals surface area (Å²) in [7, 11) is 0. The second-order valence-electron chi connectivity index (χ2n) is 5.64. The van der Waals surface area contributed by atoms with Crippen molar-refractivity contribution >= 4 is 0 Å². The molecule has 2 atom stereocenters. The van der Waals surface area contributed by atoms with Crippen LogP contribution in [0, 0.1) is 6.92 Å². The summed E-state index contributed by atoms with van der Waals surface area (Å²) < 4.78 is 11.3. The maximum atomic E-state index is 5.72. The van der Waals surface area contributed by atoms with Gasteiger partial charge in [-0.2, -0.15) is 0 Å². The van der Waals surface area contributed by atoms with Gasteiger partial charge in [-0.25, -0.2) is 0 Å². The van der Waals surface area contributed by atoms with E-state index in [4.69, 9.17) is 9.47 Å². The van der Waals surface area contributed by atoms with E-state index in [1.165, 1.54) is 35.1 Å². The lowest BCUT2D eigenvalue weighted by atomic mass is 9.74. The summed E-state index contributed by atoms with van der Waals surface area (Å²) in [6.45, 7) is 11.0. The molecule has 96 valence electrons. The Labute approximate surface area is 109 Å². The van der Waals surface area contributed by atoms with E-state index in [0.717, 1.165) is 11.5 Å². The maximum Gasteiger partial charge on any atom is 0.231 e. The number of allylic oxidation sites excluding steroid dienone is 1. The van der Waals surface area contributed by atoms with Crippen LogP contribution in [0.25, 0.3) is 0 Å². The third-order valence-corrected chi connectivity index (χ3v) is 4.25. The van der Waals surface area contributed by atoms with Gasteiger partial charge in [0, 0.05) is 11.5 Å². The smallest absolute Gasteiger partial charge is 0.231 e. The minimum absolute atomic E-state index is 0.358. The zero-order valence-corrected chi connectivity index (χ0v) is 11.4. The SMILES string of the molecule is C=C(C)[C@H]1CC[C@H](C)c2c1cc(C)c1c2OCO1. The fourth-order valence-electron chi connectivity index (χ4n) is 3.30. The molecule has 1 heterocycles. The second-order valence-corrected chi connectivity index (χ2v) is 5.64. The molecule has 0 fully saturated rings. The molecule has 0 amide bonds. The molecule has 0 N–H and O–H groups in total. The van der Waals surface area contributed by atoms with Crippen LogP contribution in [0.5, 0.6) is 11.5 Å². The van der Waals surface area contributed by atoms with Crippen molar-refractivity contribution in [3.05, 3.63) is 34.9 Å². The molecular weight excluding hydrogens is 224 g/mol. The highest BCUT2D eigenvalue weighted by Gasteiger charge is 2.33. The van der Waals surface area contributed by atoms with Crippen LogP contribution >= 0.6 is 0 Å². The van der Waals surface area contributed by atoms with Crippen molar-refractivity contribution in [2.45, 2.75) is 45.4 Å². The summed E-state index contributed by atoms with van der Waals surface area (Å²) in [6, 6.07) is 2.28. The number of benzene rings is 1. The average molecular weight is 244 g/mol. The lowest BCUT2D eigenvalue weighted by molar-refractivity contribution is 0.172. The zero-order valence-electron chi connectivity index (χ0n) is 11.4. The molecule has 0 spiro atoms. The molecule has 2 heteroatoms. The summed E-state index contributed by atoms with van der Waals surface area (Å²) in [5, 5.41) is 0. The van der Waals surface area contributed by atoms with Crippen molar-refractivity contribution in [2.24, 2.45) is 0 Å². The van der Waals surface area contributed by atoms with Gasteiger partial charge in [-0.15, -0.1) is 0 Å². The van der Waals surface area contributed by atoms with Crippen LogP contribution in [0.1, 0.15) is 55.2 Å². The van der Waals surface area contributed by atoms with Crippen LogP contribution in [0.2, 0.25) is 0 Å². The molecule has 0 aromatic heterocycles. The fourth-order valence-corrected chi connectivity index (χ4v) is 3.30. The van der Waals surface area contributed by atoms with E-state index in [1.54, 1.807) is 0 Å². The maximum absolute atomic E-state index is 5.72. The van der Waals surface area contributed by atoms with Crippen LogP contribution in [-0.4, -0.2) is 6.79 Å². The molecular formula is C16H20O2. The monoisotopic (exact) mass is 244 g/mol. The molecule has 1 aliphatic carbocycles. The third-order valence-electron chi connectivity index (χ3n) is 4.25. The Hall–Kier alpha value is -1.44. The topological polar surface area (TPSA) is 18.5 Å². The van der Waals surface area contributed by atoms with Crippen molar-refractivity contribution in [2.75, 3.05) is 6.79 Å². The Morgan fingerprint density at radius 1 is 1.28 bits per heavy atom. The van der Waals surface area contributed by atoms with Gasteiger partial charge in [0.1, 0.15) is 0 Å². The first-order chi connectivity index (χ1) is 8.59. The quantitative estimate of drug-likeness (QED) is 0.686. The Morgan fingerprint density at radius 2 is 2.00 bits per heavy atom. The zero-order chi connectivity index (χ0) is 12.9. The van der Waals surface area contributed by atoms with E-state index in [2.05, 4.69) is 33.4 Å².